The first kappa shape index (κ1) is 21.1. The Kier molecular flexibility index (Phi) is 6.48. The Morgan fingerprint density at radius 1 is 0.700 bits per heavy atom. The minimum absolute atomic E-state index is 0.178. The van der Waals surface area contributed by atoms with Gasteiger partial charge in [-0.2, -0.15) is 0 Å². The van der Waals surface area contributed by atoms with Crippen molar-refractivity contribution in [3.05, 3.63) is 126 Å². The van der Waals surface area contributed by atoms with Gasteiger partial charge in [-0.05, 0) is 33.4 Å². The van der Waals surface area contributed by atoms with Gasteiger partial charge in [-0.3, -0.25) is 4.79 Å². The van der Waals surface area contributed by atoms with Gasteiger partial charge in [0.15, 0.2) is 0 Å². The average molecular weight is 395 g/mol. The number of carbonyl (C=O) groups is 1. The summed E-state index contributed by atoms with van der Waals surface area (Å²) in [5.74, 6) is -0.275. The SMILES string of the molecule is C=Cc1ccc(C(CC(=O)OC)(c2ccc(C=C)cc2)c2ccc(C=C)cc2)cc1. The van der Waals surface area contributed by atoms with Crippen LogP contribution < -0.4 is 0 Å². The molecule has 0 saturated carbocycles. The van der Waals surface area contributed by atoms with E-state index in [0.29, 0.717) is 0 Å². The number of hydrogen-bond acceptors (Lipinski definition) is 2. The number of benzene rings is 3. The Hall–Kier alpha value is -3.65. The third kappa shape index (κ3) is 4.04. The van der Waals surface area contributed by atoms with E-state index in [-0.39, 0.29) is 12.4 Å². The lowest BCUT2D eigenvalue weighted by atomic mass is 9.67. The zero-order valence-corrected chi connectivity index (χ0v) is 17.3. The lowest BCUT2D eigenvalue weighted by Crippen LogP contribution is -2.33. The molecule has 0 heterocycles. The molecule has 150 valence electrons. The van der Waals surface area contributed by atoms with Gasteiger partial charge in [-0.15, -0.1) is 0 Å². The highest BCUT2D eigenvalue weighted by molar-refractivity contribution is 5.75. The Bertz CT molecular complexity index is 914. The Morgan fingerprint density at radius 3 is 1.23 bits per heavy atom. The number of ether oxygens (including phenoxy) is 1. The van der Waals surface area contributed by atoms with Gasteiger partial charge >= 0.3 is 5.97 Å². The molecule has 0 fully saturated rings. The van der Waals surface area contributed by atoms with Gasteiger partial charge in [0.05, 0.1) is 18.9 Å². The predicted octanol–water partition coefficient (Wildman–Crippen LogP) is 6.51. The third-order valence-corrected chi connectivity index (χ3v) is 5.55. The maximum atomic E-state index is 12.6. The molecular weight excluding hydrogens is 368 g/mol. The summed E-state index contributed by atoms with van der Waals surface area (Å²) in [6.07, 6.45) is 5.61. The summed E-state index contributed by atoms with van der Waals surface area (Å²) in [5, 5.41) is 0. The average Bonchev–Trinajstić information content (AvgIpc) is 2.82. The minimum atomic E-state index is -0.702. The second-order valence-electron chi connectivity index (χ2n) is 7.14. The van der Waals surface area contributed by atoms with Crippen molar-refractivity contribution >= 4 is 24.2 Å². The van der Waals surface area contributed by atoms with Gasteiger partial charge in [0.1, 0.15) is 0 Å². The van der Waals surface area contributed by atoms with Crippen molar-refractivity contribution in [2.24, 2.45) is 0 Å². The molecule has 0 aromatic heterocycles. The number of esters is 1. The molecule has 3 aromatic rings. The molecule has 3 rings (SSSR count). The molecule has 3 aromatic carbocycles. The fourth-order valence-corrected chi connectivity index (χ4v) is 3.81. The standard InChI is InChI=1S/C28H26O2/c1-5-21-8-14-24(15-9-21)28(20-27(29)30-4,25-16-10-22(6-2)11-17-25)26-18-12-23(7-3)13-19-26/h5-19H,1-3,20H2,4H3. The van der Waals surface area contributed by atoms with Crippen LogP contribution >= 0.6 is 0 Å². The molecule has 30 heavy (non-hydrogen) atoms. The predicted molar refractivity (Wildman–Crippen MR) is 126 cm³/mol. The normalized spacial score (nSPS) is 10.8. The minimum Gasteiger partial charge on any atom is -0.469 e. The molecule has 0 saturated heterocycles. The highest BCUT2D eigenvalue weighted by Crippen LogP contribution is 2.43. The van der Waals surface area contributed by atoms with E-state index in [1.165, 1.54) is 7.11 Å². The lowest BCUT2D eigenvalue weighted by Gasteiger charge is -2.35. The maximum absolute atomic E-state index is 12.6. The van der Waals surface area contributed by atoms with Crippen LogP contribution in [-0.2, 0) is 14.9 Å². The fraction of sp³-hybridized carbons (Fsp3) is 0.107. The molecule has 0 aliphatic carbocycles. The summed E-state index contributed by atoms with van der Waals surface area (Å²) in [5.41, 5.74) is 5.40. The van der Waals surface area contributed by atoms with Crippen LogP contribution in [0, 0.1) is 0 Å². The van der Waals surface area contributed by atoms with Crippen molar-refractivity contribution in [1.82, 2.24) is 0 Å². The van der Waals surface area contributed by atoms with Gasteiger partial charge in [0.2, 0.25) is 0 Å². The third-order valence-electron chi connectivity index (χ3n) is 5.55. The molecule has 0 spiro atoms. The molecule has 0 atom stereocenters. The van der Waals surface area contributed by atoms with E-state index in [0.717, 1.165) is 33.4 Å². The van der Waals surface area contributed by atoms with E-state index >= 15 is 0 Å². The second kappa shape index (κ2) is 9.23. The maximum Gasteiger partial charge on any atom is 0.307 e. The molecule has 2 heteroatoms. The monoisotopic (exact) mass is 394 g/mol. The molecule has 0 N–H and O–H groups in total. The molecule has 0 unspecified atom stereocenters. The molecule has 0 amide bonds. The lowest BCUT2D eigenvalue weighted by molar-refractivity contribution is -0.141. The van der Waals surface area contributed by atoms with Crippen LogP contribution in [0.25, 0.3) is 18.2 Å². The second-order valence-corrected chi connectivity index (χ2v) is 7.14. The van der Waals surface area contributed by atoms with Crippen LogP contribution in [0.3, 0.4) is 0 Å². The number of carbonyl (C=O) groups excluding carboxylic acids is 1. The molecule has 0 bridgehead atoms. The van der Waals surface area contributed by atoms with Crippen LogP contribution in [0.2, 0.25) is 0 Å². The van der Waals surface area contributed by atoms with E-state index in [1.54, 1.807) is 0 Å². The zero-order chi connectivity index (χ0) is 21.6. The summed E-state index contributed by atoms with van der Waals surface area (Å²) in [4.78, 5) is 12.6. The van der Waals surface area contributed by atoms with Gasteiger partial charge in [-0.1, -0.05) is 111 Å². The molecule has 0 aliphatic heterocycles. The first-order valence-corrected chi connectivity index (χ1v) is 9.83. The smallest absolute Gasteiger partial charge is 0.307 e. The van der Waals surface area contributed by atoms with Crippen molar-refractivity contribution in [2.45, 2.75) is 11.8 Å². The van der Waals surface area contributed by atoms with Crippen molar-refractivity contribution < 1.29 is 9.53 Å². The highest BCUT2D eigenvalue weighted by Gasteiger charge is 2.39. The van der Waals surface area contributed by atoms with Crippen LogP contribution in [0.1, 0.15) is 39.8 Å². The first-order chi connectivity index (χ1) is 14.6. The molecule has 0 aliphatic rings. The van der Waals surface area contributed by atoms with Gasteiger partial charge in [-0.25, -0.2) is 0 Å². The number of rotatable bonds is 8. The van der Waals surface area contributed by atoms with Gasteiger partial charge in [0.25, 0.3) is 0 Å². The van der Waals surface area contributed by atoms with E-state index < -0.39 is 5.41 Å². The molecular formula is C28H26O2. The summed E-state index contributed by atoms with van der Waals surface area (Å²) in [6.45, 7) is 11.5. The van der Waals surface area contributed by atoms with Gasteiger partial charge in [0, 0.05) is 0 Å². The zero-order valence-electron chi connectivity index (χ0n) is 17.3. The number of methoxy groups -OCH3 is 1. The van der Waals surface area contributed by atoms with Crippen LogP contribution in [0.5, 0.6) is 0 Å². The summed E-state index contributed by atoms with van der Waals surface area (Å²) in [6, 6.07) is 24.5. The van der Waals surface area contributed by atoms with E-state index in [4.69, 9.17) is 4.74 Å². The van der Waals surface area contributed by atoms with Crippen molar-refractivity contribution in [2.75, 3.05) is 7.11 Å². The fourth-order valence-electron chi connectivity index (χ4n) is 3.81. The van der Waals surface area contributed by atoms with Crippen LogP contribution in [-0.4, -0.2) is 13.1 Å². The number of hydrogen-bond donors (Lipinski definition) is 0. The largest absolute Gasteiger partial charge is 0.469 e. The van der Waals surface area contributed by atoms with E-state index in [2.05, 4.69) is 56.1 Å². The quantitative estimate of drug-likeness (QED) is 0.321. The topological polar surface area (TPSA) is 26.3 Å². The molecule has 0 radical (unpaired) electrons. The van der Waals surface area contributed by atoms with E-state index in [1.807, 2.05) is 54.6 Å². The highest BCUT2D eigenvalue weighted by atomic mass is 16.5. The van der Waals surface area contributed by atoms with Crippen LogP contribution in [0.15, 0.2) is 92.5 Å². The van der Waals surface area contributed by atoms with Gasteiger partial charge < -0.3 is 4.74 Å². The summed E-state index contributed by atoms with van der Waals surface area (Å²) in [7, 11) is 1.43. The summed E-state index contributed by atoms with van der Waals surface area (Å²) >= 11 is 0. The first-order valence-electron chi connectivity index (χ1n) is 9.83. The van der Waals surface area contributed by atoms with Crippen molar-refractivity contribution in [1.29, 1.82) is 0 Å². The Labute approximate surface area is 178 Å². The molecule has 2 nitrogen and oxygen atoms in total. The Morgan fingerprint density at radius 2 is 1.00 bits per heavy atom. The Balaban J connectivity index is 2.32. The van der Waals surface area contributed by atoms with E-state index in [9.17, 15) is 4.79 Å². The van der Waals surface area contributed by atoms with Crippen molar-refractivity contribution in [3.63, 3.8) is 0 Å². The summed E-state index contributed by atoms with van der Waals surface area (Å²) < 4.78 is 5.12. The van der Waals surface area contributed by atoms with Crippen molar-refractivity contribution in [3.8, 4) is 0 Å². The van der Waals surface area contributed by atoms with Crippen LogP contribution in [0.4, 0.5) is 0 Å².